The standard InChI is InChI=1S/C16H20BClN2O2/c1-15(2)16(3,4)22-17(21-15)11-9-10(11)13-14(18)19-12-7-5-6-8-20(12)13/h5-8,10-11H,9H2,1-4H3/t10-,11-/m1/s1. The number of hydrogen-bond acceptors (Lipinski definition) is 3. The molecule has 0 radical (unpaired) electrons. The molecule has 0 amide bonds. The van der Waals surface area contributed by atoms with E-state index in [4.69, 9.17) is 20.9 Å². The molecule has 6 heteroatoms. The van der Waals surface area contributed by atoms with Crippen molar-refractivity contribution >= 4 is 24.4 Å². The maximum absolute atomic E-state index is 6.37. The van der Waals surface area contributed by atoms with Crippen LogP contribution in [0.4, 0.5) is 0 Å². The van der Waals surface area contributed by atoms with E-state index < -0.39 is 0 Å². The summed E-state index contributed by atoms with van der Waals surface area (Å²) in [5.41, 5.74) is 1.40. The van der Waals surface area contributed by atoms with Gasteiger partial charge < -0.3 is 13.7 Å². The van der Waals surface area contributed by atoms with Crippen LogP contribution >= 0.6 is 11.6 Å². The molecular formula is C16H20BClN2O2. The maximum Gasteiger partial charge on any atom is 0.461 e. The minimum atomic E-state index is -0.284. The third-order valence-electron chi connectivity index (χ3n) is 5.33. The zero-order valence-corrected chi connectivity index (χ0v) is 14.1. The van der Waals surface area contributed by atoms with Crippen molar-refractivity contribution < 1.29 is 9.31 Å². The number of rotatable bonds is 2. The Morgan fingerprint density at radius 3 is 2.59 bits per heavy atom. The topological polar surface area (TPSA) is 35.8 Å². The van der Waals surface area contributed by atoms with Crippen LogP contribution in [-0.2, 0) is 9.31 Å². The summed E-state index contributed by atoms with van der Waals surface area (Å²) in [7, 11) is -0.166. The molecule has 22 heavy (non-hydrogen) atoms. The molecule has 3 heterocycles. The van der Waals surface area contributed by atoms with Crippen molar-refractivity contribution in [2.75, 3.05) is 0 Å². The quantitative estimate of drug-likeness (QED) is 0.787. The minimum absolute atomic E-state index is 0.166. The van der Waals surface area contributed by atoms with Gasteiger partial charge in [0.25, 0.3) is 0 Å². The lowest BCUT2D eigenvalue weighted by atomic mass is 9.80. The fraction of sp³-hybridized carbons (Fsp3) is 0.562. The van der Waals surface area contributed by atoms with Gasteiger partial charge in [0.05, 0.1) is 16.9 Å². The zero-order valence-electron chi connectivity index (χ0n) is 13.3. The van der Waals surface area contributed by atoms with Gasteiger partial charge in [-0.15, -0.1) is 0 Å². The molecule has 4 rings (SSSR count). The monoisotopic (exact) mass is 318 g/mol. The molecule has 2 atom stereocenters. The molecular weight excluding hydrogens is 298 g/mol. The Balaban J connectivity index is 1.61. The van der Waals surface area contributed by atoms with Gasteiger partial charge in [0.2, 0.25) is 0 Å². The number of halogens is 1. The van der Waals surface area contributed by atoms with Crippen LogP contribution < -0.4 is 0 Å². The third kappa shape index (κ3) is 2.03. The van der Waals surface area contributed by atoms with Crippen LogP contribution in [0, 0.1) is 0 Å². The smallest absolute Gasteiger partial charge is 0.403 e. The molecule has 0 N–H and O–H groups in total. The molecule has 0 unspecified atom stereocenters. The highest BCUT2D eigenvalue weighted by Crippen LogP contribution is 2.59. The fourth-order valence-corrected chi connectivity index (χ4v) is 3.53. The van der Waals surface area contributed by atoms with Crippen molar-refractivity contribution in [3.63, 3.8) is 0 Å². The Morgan fingerprint density at radius 2 is 1.91 bits per heavy atom. The summed E-state index contributed by atoms with van der Waals surface area (Å²) < 4.78 is 14.4. The van der Waals surface area contributed by atoms with E-state index in [1.807, 2.05) is 24.4 Å². The van der Waals surface area contributed by atoms with E-state index in [1.165, 1.54) is 0 Å². The van der Waals surface area contributed by atoms with Gasteiger partial charge in [-0.2, -0.15) is 0 Å². The fourth-order valence-electron chi connectivity index (χ4n) is 3.21. The largest absolute Gasteiger partial charge is 0.461 e. The Hall–Kier alpha value is -1.04. The second-order valence-corrected chi connectivity index (χ2v) is 7.71. The van der Waals surface area contributed by atoms with E-state index in [-0.39, 0.29) is 18.3 Å². The molecule has 2 aromatic heterocycles. The van der Waals surface area contributed by atoms with Crippen LogP contribution in [0.3, 0.4) is 0 Å². The van der Waals surface area contributed by atoms with E-state index in [2.05, 4.69) is 37.1 Å². The molecule has 2 fully saturated rings. The van der Waals surface area contributed by atoms with Crippen molar-refractivity contribution in [2.45, 2.75) is 57.1 Å². The minimum Gasteiger partial charge on any atom is -0.403 e. The van der Waals surface area contributed by atoms with Gasteiger partial charge in [-0.3, -0.25) is 0 Å². The summed E-state index contributed by atoms with van der Waals surface area (Å²) in [6.07, 6.45) is 3.04. The van der Waals surface area contributed by atoms with E-state index in [1.54, 1.807) is 0 Å². The van der Waals surface area contributed by atoms with Crippen molar-refractivity contribution in [3.05, 3.63) is 35.2 Å². The summed E-state index contributed by atoms with van der Waals surface area (Å²) in [6, 6.07) is 5.95. The lowest BCUT2D eigenvalue weighted by molar-refractivity contribution is 0.00578. The number of pyridine rings is 1. The van der Waals surface area contributed by atoms with E-state index >= 15 is 0 Å². The van der Waals surface area contributed by atoms with Crippen LogP contribution in [0.2, 0.25) is 11.0 Å². The highest BCUT2D eigenvalue weighted by atomic mass is 35.5. The van der Waals surface area contributed by atoms with E-state index in [0.717, 1.165) is 17.8 Å². The van der Waals surface area contributed by atoms with Crippen LogP contribution in [0.1, 0.15) is 45.7 Å². The van der Waals surface area contributed by atoms with E-state index in [0.29, 0.717) is 16.9 Å². The predicted octanol–water partition coefficient (Wildman–Crippen LogP) is 3.94. The second-order valence-electron chi connectivity index (χ2n) is 7.35. The van der Waals surface area contributed by atoms with Gasteiger partial charge in [0, 0.05) is 17.9 Å². The van der Waals surface area contributed by atoms with Gasteiger partial charge >= 0.3 is 7.12 Å². The third-order valence-corrected chi connectivity index (χ3v) is 5.61. The van der Waals surface area contributed by atoms with Crippen molar-refractivity contribution in [1.29, 1.82) is 0 Å². The average molecular weight is 319 g/mol. The number of nitrogens with zero attached hydrogens (tertiary/aromatic N) is 2. The first-order valence-corrected chi connectivity index (χ1v) is 8.16. The Bertz CT molecular complexity index is 727. The van der Waals surface area contributed by atoms with Crippen LogP contribution in [-0.4, -0.2) is 27.7 Å². The summed E-state index contributed by atoms with van der Waals surface area (Å²) in [4.78, 5) is 4.44. The van der Waals surface area contributed by atoms with Gasteiger partial charge in [-0.1, -0.05) is 17.7 Å². The molecule has 4 nitrogen and oxygen atoms in total. The number of imidazole rings is 1. The lowest BCUT2D eigenvalue weighted by Crippen LogP contribution is -2.41. The van der Waals surface area contributed by atoms with Crippen molar-refractivity contribution in [3.8, 4) is 0 Å². The van der Waals surface area contributed by atoms with E-state index in [9.17, 15) is 0 Å². The van der Waals surface area contributed by atoms with Crippen LogP contribution in [0.15, 0.2) is 24.4 Å². The second kappa shape index (κ2) is 4.50. The zero-order chi connectivity index (χ0) is 15.7. The predicted molar refractivity (Wildman–Crippen MR) is 87.4 cm³/mol. The molecule has 0 bridgehead atoms. The Morgan fingerprint density at radius 1 is 1.23 bits per heavy atom. The van der Waals surface area contributed by atoms with Gasteiger partial charge in [0.15, 0.2) is 5.15 Å². The Kier molecular flexibility index (Phi) is 2.97. The first-order valence-electron chi connectivity index (χ1n) is 7.78. The molecule has 1 aliphatic heterocycles. The molecule has 2 aromatic rings. The number of aromatic nitrogens is 2. The van der Waals surface area contributed by atoms with Gasteiger partial charge in [-0.05, 0) is 46.2 Å². The SMILES string of the molecule is CC1(C)OB([C@@H]2C[C@H]2c2c(Cl)nc3ccccn23)OC1(C)C. The maximum atomic E-state index is 6.37. The summed E-state index contributed by atoms with van der Waals surface area (Å²) >= 11 is 6.37. The molecule has 0 aromatic carbocycles. The molecule has 2 aliphatic rings. The number of fused-ring (bicyclic) bond motifs is 1. The van der Waals surface area contributed by atoms with Crippen molar-refractivity contribution in [1.82, 2.24) is 9.38 Å². The summed E-state index contributed by atoms with van der Waals surface area (Å²) in [5.74, 6) is 0.693. The Labute approximate surface area is 135 Å². The first kappa shape index (κ1) is 14.6. The van der Waals surface area contributed by atoms with Crippen LogP contribution in [0.25, 0.3) is 5.65 Å². The molecule has 1 saturated carbocycles. The van der Waals surface area contributed by atoms with Gasteiger partial charge in [0.1, 0.15) is 5.65 Å². The molecule has 1 aliphatic carbocycles. The summed E-state index contributed by atoms with van der Waals surface area (Å²) in [6.45, 7) is 8.36. The summed E-state index contributed by atoms with van der Waals surface area (Å²) in [5, 5.41) is 0.593. The first-order chi connectivity index (χ1) is 10.3. The normalized spacial score (nSPS) is 29.2. The highest BCUT2D eigenvalue weighted by Gasteiger charge is 2.60. The van der Waals surface area contributed by atoms with Gasteiger partial charge in [-0.25, -0.2) is 4.98 Å². The molecule has 116 valence electrons. The molecule has 0 spiro atoms. The average Bonchev–Trinajstić information content (AvgIpc) is 3.07. The van der Waals surface area contributed by atoms with Crippen molar-refractivity contribution in [2.24, 2.45) is 0 Å². The number of hydrogen-bond donors (Lipinski definition) is 0. The van der Waals surface area contributed by atoms with Crippen LogP contribution in [0.5, 0.6) is 0 Å². The highest BCUT2D eigenvalue weighted by molar-refractivity contribution is 6.49. The lowest BCUT2D eigenvalue weighted by Gasteiger charge is -2.32. The molecule has 1 saturated heterocycles.